The third-order valence-corrected chi connectivity index (χ3v) is 8.61. The van der Waals surface area contributed by atoms with Crippen molar-refractivity contribution in [2.45, 2.75) is 5.41 Å². The number of aromatic nitrogens is 1. The molecule has 166 valence electrons. The average Bonchev–Trinajstić information content (AvgIpc) is 3.56. The number of H-pyrrole nitrogens is 1. The summed E-state index contributed by atoms with van der Waals surface area (Å²) < 4.78 is 0. The summed E-state index contributed by atoms with van der Waals surface area (Å²) in [6, 6.07) is 45.1. The van der Waals surface area contributed by atoms with Crippen LogP contribution in [0.5, 0.6) is 0 Å². The molecule has 1 spiro atoms. The minimum atomic E-state index is -0.299. The predicted molar refractivity (Wildman–Crippen MR) is 150 cm³/mol. The van der Waals surface area contributed by atoms with Gasteiger partial charge in [-0.25, -0.2) is 0 Å². The summed E-state index contributed by atoms with van der Waals surface area (Å²) in [6.45, 7) is 0. The number of benzene rings is 6. The van der Waals surface area contributed by atoms with Crippen molar-refractivity contribution in [2.75, 3.05) is 0 Å². The van der Waals surface area contributed by atoms with Gasteiger partial charge in [0.15, 0.2) is 0 Å². The fourth-order valence-corrected chi connectivity index (χ4v) is 7.23. The molecule has 0 fully saturated rings. The van der Waals surface area contributed by atoms with Crippen LogP contribution in [0, 0.1) is 0 Å². The van der Waals surface area contributed by atoms with Gasteiger partial charge in [0, 0.05) is 21.7 Å². The van der Waals surface area contributed by atoms with Crippen LogP contribution in [-0.4, -0.2) is 4.98 Å². The Hall–Kier alpha value is -4.62. The first-order valence-corrected chi connectivity index (χ1v) is 12.6. The first-order valence-electron chi connectivity index (χ1n) is 12.6. The van der Waals surface area contributed by atoms with Gasteiger partial charge >= 0.3 is 0 Å². The Morgan fingerprint density at radius 2 is 1.00 bits per heavy atom. The van der Waals surface area contributed by atoms with E-state index in [1.54, 1.807) is 0 Å². The van der Waals surface area contributed by atoms with E-state index in [1.165, 1.54) is 77.1 Å². The van der Waals surface area contributed by atoms with Gasteiger partial charge in [0.2, 0.25) is 0 Å². The molecule has 36 heavy (non-hydrogen) atoms. The van der Waals surface area contributed by atoms with Gasteiger partial charge in [-0.1, -0.05) is 109 Å². The van der Waals surface area contributed by atoms with Crippen molar-refractivity contribution in [3.8, 4) is 22.3 Å². The molecule has 1 heterocycles. The zero-order valence-electron chi connectivity index (χ0n) is 19.5. The van der Waals surface area contributed by atoms with Crippen LogP contribution >= 0.6 is 0 Å². The van der Waals surface area contributed by atoms with Crippen LogP contribution in [0.3, 0.4) is 0 Å². The molecule has 1 aromatic heterocycles. The highest BCUT2D eigenvalue weighted by molar-refractivity contribution is 6.18. The average molecular weight is 456 g/mol. The van der Waals surface area contributed by atoms with Gasteiger partial charge in [0.25, 0.3) is 0 Å². The molecule has 0 aliphatic heterocycles. The molecule has 9 rings (SSSR count). The summed E-state index contributed by atoms with van der Waals surface area (Å²) in [5.74, 6) is 0. The van der Waals surface area contributed by atoms with Gasteiger partial charge in [0.05, 0.1) is 10.9 Å². The summed E-state index contributed by atoms with van der Waals surface area (Å²) in [6.07, 6.45) is 0. The lowest BCUT2D eigenvalue weighted by molar-refractivity contribution is 0.795. The normalized spacial score (nSPS) is 14.3. The van der Waals surface area contributed by atoms with Gasteiger partial charge in [-0.2, -0.15) is 0 Å². The molecule has 0 saturated heterocycles. The molecular formula is C35H21N. The maximum absolute atomic E-state index is 3.83. The third-order valence-electron chi connectivity index (χ3n) is 8.61. The van der Waals surface area contributed by atoms with Crippen molar-refractivity contribution >= 4 is 32.6 Å². The Labute approximate surface area is 208 Å². The number of aromatic amines is 1. The molecule has 0 amide bonds. The summed E-state index contributed by atoms with van der Waals surface area (Å²) >= 11 is 0. The van der Waals surface area contributed by atoms with Crippen molar-refractivity contribution in [3.63, 3.8) is 0 Å². The molecule has 1 heteroatoms. The minimum Gasteiger partial charge on any atom is -0.354 e. The van der Waals surface area contributed by atoms with E-state index in [9.17, 15) is 0 Å². The molecule has 7 aromatic rings. The fraction of sp³-hybridized carbons (Fsp3) is 0.0286. The number of nitrogens with one attached hydrogen (secondary N) is 1. The molecule has 1 N–H and O–H groups in total. The standard InChI is InChI=1S/C35H21N/c1-2-10-22-21(9-1)17-18-26-28-19-27-25-13-5-8-16-31(25)35(32(27)20-33(28)36-34(22)26)29-14-6-3-11-23(29)24-12-4-7-15-30(24)35/h1-20,36H. The number of hydrogen-bond acceptors (Lipinski definition) is 0. The molecule has 6 aromatic carbocycles. The van der Waals surface area contributed by atoms with E-state index in [0.29, 0.717) is 0 Å². The fourth-order valence-electron chi connectivity index (χ4n) is 7.23. The molecule has 0 bridgehead atoms. The van der Waals surface area contributed by atoms with Gasteiger partial charge < -0.3 is 4.98 Å². The van der Waals surface area contributed by atoms with Gasteiger partial charge in [0.1, 0.15) is 0 Å². The van der Waals surface area contributed by atoms with Crippen LogP contribution in [0.2, 0.25) is 0 Å². The molecular weight excluding hydrogens is 434 g/mol. The summed E-state index contributed by atoms with van der Waals surface area (Å²) in [5.41, 5.74) is 13.1. The lowest BCUT2D eigenvalue weighted by atomic mass is 9.70. The lowest BCUT2D eigenvalue weighted by Crippen LogP contribution is -2.25. The highest BCUT2D eigenvalue weighted by atomic mass is 14.7. The van der Waals surface area contributed by atoms with E-state index < -0.39 is 0 Å². The minimum absolute atomic E-state index is 0.299. The van der Waals surface area contributed by atoms with Crippen molar-refractivity contribution in [3.05, 3.63) is 144 Å². The van der Waals surface area contributed by atoms with Crippen molar-refractivity contribution in [1.29, 1.82) is 0 Å². The van der Waals surface area contributed by atoms with Crippen molar-refractivity contribution in [2.24, 2.45) is 0 Å². The number of hydrogen-bond donors (Lipinski definition) is 1. The first-order chi connectivity index (χ1) is 17.9. The summed E-state index contributed by atoms with van der Waals surface area (Å²) in [4.78, 5) is 3.83. The Morgan fingerprint density at radius 1 is 0.417 bits per heavy atom. The maximum Gasteiger partial charge on any atom is 0.0726 e. The monoisotopic (exact) mass is 455 g/mol. The van der Waals surface area contributed by atoms with E-state index in [0.717, 1.165) is 0 Å². The number of fused-ring (bicyclic) bond motifs is 15. The number of rotatable bonds is 0. The molecule has 0 saturated carbocycles. The second-order valence-corrected chi connectivity index (χ2v) is 10.2. The Balaban J connectivity index is 1.48. The molecule has 0 atom stereocenters. The van der Waals surface area contributed by atoms with Crippen molar-refractivity contribution in [1.82, 2.24) is 4.98 Å². The highest BCUT2D eigenvalue weighted by Gasteiger charge is 2.51. The van der Waals surface area contributed by atoms with E-state index in [4.69, 9.17) is 0 Å². The topological polar surface area (TPSA) is 15.8 Å². The van der Waals surface area contributed by atoms with Crippen LogP contribution in [0.1, 0.15) is 22.3 Å². The lowest BCUT2D eigenvalue weighted by Gasteiger charge is -2.30. The Kier molecular flexibility index (Phi) is 3.28. The van der Waals surface area contributed by atoms with Gasteiger partial charge in [-0.05, 0) is 62.0 Å². The summed E-state index contributed by atoms with van der Waals surface area (Å²) in [5, 5.41) is 5.13. The van der Waals surface area contributed by atoms with Crippen LogP contribution in [0.25, 0.3) is 54.8 Å². The van der Waals surface area contributed by atoms with E-state index >= 15 is 0 Å². The highest BCUT2D eigenvalue weighted by Crippen LogP contribution is 2.63. The predicted octanol–water partition coefficient (Wildman–Crippen LogP) is 8.82. The second kappa shape index (κ2) is 6.33. The molecule has 0 unspecified atom stereocenters. The van der Waals surface area contributed by atoms with E-state index in [1.807, 2.05) is 0 Å². The first kappa shape index (κ1) is 18.7. The van der Waals surface area contributed by atoms with E-state index in [-0.39, 0.29) is 5.41 Å². The van der Waals surface area contributed by atoms with Gasteiger partial charge in [-0.3, -0.25) is 0 Å². The Bertz CT molecular complexity index is 2010. The molecule has 1 nitrogen and oxygen atoms in total. The van der Waals surface area contributed by atoms with Crippen LogP contribution in [0.4, 0.5) is 0 Å². The largest absolute Gasteiger partial charge is 0.354 e. The van der Waals surface area contributed by atoms with E-state index in [2.05, 4.69) is 126 Å². The van der Waals surface area contributed by atoms with Crippen LogP contribution in [0.15, 0.2) is 121 Å². The second-order valence-electron chi connectivity index (χ2n) is 10.2. The Morgan fingerprint density at radius 3 is 1.69 bits per heavy atom. The quantitative estimate of drug-likeness (QED) is 0.235. The molecule has 2 aliphatic carbocycles. The van der Waals surface area contributed by atoms with Crippen LogP contribution < -0.4 is 0 Å². The zero-order valence-corrected chi connectivity index (χ0v) is 19.5. The summed E-state index contributed by atoms with van der Waals surface area (Å²) in [7, 11) is 0. The van der Waals surface area contributed by atoms with Crippen molar-refractivity contribution < 1.29 is 0 Å². The third kappa shape index (κ3) is 2.01. The molecule has 2 aliphatic rings. The smallest absolute Gasteiger partial charge is 0.0726 e. The zero-order chi connectivity index (χ0) is 23.4. The van der Waals surface area contributed by atoms with Gasteiger partial charge in [-0.15, -0.1) is 0 Å². The van der Waals surface area contributed by atoms with Crippen LogP contribution in [-0.2, 0) is 5.41 Å². The SMILES string of the molecule is c1ccc2c(c1)-c1ccccc1C21c2ccccc2-c2cc3c(cc21)[nH]c1c2ccccc2ccc31. The molecule has 0 radical (unpaired) electrons. The maximum atomic E-state index is 3.83.